The highest BCUT2D eigenvalue weighted by atomic mass is 35.5. The van der Waals surface area contributed by atoms with Gasteiger partial charge in [0.05, 0.1) is 10.9 Å². The lowest BCUT2D eigenvalue weighted by Crippen LogP contribution is -2.37. The maximum atomic E-state index is 12.5. The van der Waals surface area contributed by atoms with E-state index in [1.807, 2.05) is 24.3 Å². The van der Waals surface area contributed by atoms with Gasteiger partial charge in [-0.1, -0.05) is 38.1 Å². The average Bonchev–Trinajstić information content (AvgIpc) is 2.73. The molecule has 0 fully saturated rings. The number of hydrogen-bond donors (Lipinski definition) is 2. The summed E-state index contributed by atoms with van der Waals surface area (Å²) in [6.07, 6.45) is 1.35. The first-order chi connectivity index (χ1) is 13.7. The number of nitrogens with one attached hydrogen (secondary N) is 1. The van der Waals surface area contributed by atoms with Gasteiger partial charge in [-0.2, -0.15) is 0 Å². The number of aryl methyl sites for hydroxylation is 1. The molecule has 0 aliphatic heterocycles. The van der Waals surface area contributed by atoms with E-state index in [1.54, 1.807) is 0 Å². The molecule has 3 N–H and O–H groups in total. The number of nitrogens with two attached hydrogens (primary N) is 1. The van der Waals surface area contributed by atoms with E-state index in [1.165, 1.54) is 36.5 Å². The third-order valence-electron chi connectivity index (χ3n) is 5.07. The van der Waals surface area contributed by atoms with E-state index in [-0.39, 0.29) is 59.9 Å². The molecular formula is C21H27Cl2N5O3. The summed E-state index contributed by atoms with van der Waals surface area (Å²) in [6.45, 7) is 4.49. The van der Waals surface area contributed by atoms with Crippen molar-refractivity contribution in [3.63, 3.8) is 0 Å². The molecule has 10 heteroatoms. The number of amides is 1. The van der Waals surface area contributed by atoms with Crippen LogP contribution < -0.4 is 22.3 Å². The zero-order chi connectivity index (χ0) is 21.3. The lowest BCUT2D eigenvalue weighted by Gasteiger charge is -2.15. The number of rotatable bonds is 5. The fraction of sp³-hybridized carbons (Fsp3) is 0.333. The summed E-state index contributed by atoms with van der Waals surface area (Å²) in [5.74, 6) is 0.0529. The molecule has 0 aliphatic rings. The maximum Gasteiger partial charge on any atom is 0.332 e. The quantitative estimate of drug-likeness (QED) is 0.595. The lowest BCUT2D eigenvalue weighted by atomic mass is 9.99. The van der Waals surface area contributed by atoms with Crippen molar-refractivity contribution in [1.29, 1.82) is 0 Å². The van der Waals surface area contributed by atoms with Crippen LogP contribution in [0.1, 0.15) is 47.3 Å². The molecule has 3 rings (SSSR count). The standard InChI is InChI=1S/C21H25N5O3.2ClH/c1-12(2)13-5-7-14(8-6-13)17(22)11-24-19(27)15-9-16-18(23-10-15)25(3)21(29)26(4)20(16)28;;/h5-10,12,17H,11,22H2,1-4H3,(H,24,27);2*1H. The minimum absolute atomic E-state index is 0. The number of benzene rings is 1. The summed E-state index contributed by atoms with van der Waals surface area (Å²) in [7, 11) is 2.92. The predicted molar refractivity (Wildman–Crippen MR) is 127 cm³/mol. The first-order valence-corrected chi connectivity index (χ1v) is 9.40. The highest BCUT2D eigenvalue weighted by Crippen LogP contribution is 2.17. The van der Waals surface area contributed by atoms with Gasteiger partial charge >= 0.3 is 5.69 Å². The number of pyridine rings is 1. The maximum absolute atomic E-state index is 12.5. The largest absolute Gasteiger partial charge is 0.350 e. The number of hydrogen-bond acceptors (Lipinski definition) is 5. The molecule has 1 unspecified atom stereocenters. The highest BCUT2D eigenvalue weighted by Gasteiger charge is 2.15. The Balaban J connectivity index is 0.00000240. The van der Waals surface area contributed by atoms with E-state index in [9.17, 15) is 14.4 Å². The van der Waals surface area contributed by atoms with Gasteiger partial charge in [0.25, 0.3) is 11.5 Å². The van der Waals surface area contributed by atoms with E-state index in [2.05, 4.69) is 24.1 Å². The van der Waals surface area contributed by atoms with Crippen molar-refractivity contribution in [2.45, 2.75) is 25.8 Å². The molecule has 1 aromatic carbocycles. The predicted octanol–water partition coefficient (Wildman–Crippen LogP) is 2.03. The Hall–Kier alpha value is -2.68. The minimum Gasteiger partial charge on any atom is -0.350 e. The molecule has 8 nitrogen and oxygen atoms in total. The number of fused-ring (bicyclic) bond motifs is 1. The van der Waals surface area contributed by atoms with E-state index < -0.39 is 11.2 Å². The SMILES string of the molecule is CC(C)c1ccc(C(N)CNC(=O)c2cnc3c(c2)c(=O)n(C)c(=O)n3C)cc1.Cl.Cl. The molecule has 0 bridgehead atoms. The van der Waals surface area contributed by atoms with Crippen LogP contribution >= 0.6 is 24.8 Å². The summed E-state index contributed by atoms with van der Waals surface area (Å²) in [5, 5.41) is 2.98. The van der Waals surface area contributed by atoms with Crippen LogP contribution in [0.2, 0.25) is 0 Å². The number of halogens is 2. The van der Waals surface area contributed by atoms with Crippen LogP contribution in [-0.4, -0.2) is 26.6 Å². The van der Waals surface area contributed by atoms with Crippen molar-refractivity contribution in [2.75, 3.05) is 6.54 Å². The molecule has 0 saturated heterocycles. The van der Waals surface area contributed by atoms with E-state index in [0.29, 0.717) is 5.92 Å². The van der Waals surface area contributed by atoms with Gasteiger partial charge in [0.1, 0.15) is 5.65 Å². The molecule has 31 heavy (non-hydrogen) atoms. The smallest absolute Gasteiger partial charge is 0.332 e. The molecule has 3 aromatic rings. The number of aromatic nitrogens is 3. The summed E-state index contributed by atoms with van der Waals surface area (Å²) < 4.78 is 2.26. The Labute approximate surface area is 192 Å². The second-order valence-corrected chi connectivity index (χ2v) is 7.44. The summed E-state index contributed by atoms with van der Waals surface area (Å²) >= 11 is 0. The molecule has 0 aliphatic carbocycles. The first kappa shape index (κ1) is 26.4. The number of carbonyl (C=O) groups is 1. The van der Waals surface area contributed by atoms with Gasteiger partial charge in [-0.3, -0.25) is 18.7 Å². The highest BCUT2D eigenvalue weighted by molar-refractivity contribution is 5.96. The third-order valence-corrected chi connectivity index (χ3v) is 5.07. The van der Waals surface area contributed by atoms with Gasteiger partial charge in [0, 0.05) is 32.9 Å². The van der Waals surface area contributed by atoms with Crippen LogP contribution in [0.5, 0.6) is 0 Å². The molecule has 0 radical (unpaired) electrons. The van der Waals surface area contributed by atoms with Crippen molar-refractivity contribution >= 4 is 41.8 Å². The molecule has 168 valence electrons. The molecule has 1 atom stereocenters. The second kappa shape index (κ2) is 10.6. The fourth-order valence-electron chi connectivity index (χ4n) is 3.14. The molecule has 2 aromatic heterocycles. The minimum atomic E-state index is -0.493. The third kappa shape index (κ3) is 5.33. The lowest BCUT2D eigenvalue weighted by molar-refractivity contribution is 0.0951. The average molecular weight is 468 g/mol. The molecule has 1 amide bonds. The van der Waals surface area contributed by atoms with E-state index in [0.717, 1.165) is 10.1 Å². The Morgan fingerprint density at radius 2 is 1.65 bits per heavy atom. The van der Waals surface area contributed by atoms with Crippen LogP contribution in [0.3, 0.4) is 0 Å². The Morgan fingerprint density at radius 3 is 2.23 bits per heavy atom. The molecule has 0 saturated carbocycles. The molecular weight excluding hydrogens is 441 g/mol. The van der Waals surface area contributed by atoms with Gasteiger partial charge in [-0.15, -0.1) is 24.8 Å². The molecule has 0 spiro atoms. The van der Waals surface area contributed by atoms with Gasteiger partial charge in [0.15, 0.2) is 0 Å². The number of carbonyl (C=O) groups excluding carboxylic acids is 1. The summed E-state index contributed by atoms with van der Waals surface area (Å²) in [6, 6.07) is 9.09. The summed E-state index contributed by atoms with van der Waals surface area (Å²) in [4.78, 5) is 41.0. The van der Waals surface area contributed by atoms with Gasteiger partial charge in [-0.25, -0.2) is 9.78 Å². The van der Waals surface area contributed by atoms with Crippen molar-refractivity contribution in [3.05, 3.63) is 74.1 Å². The van der Waals surface area contributed by atoms with E-state index in [4.69, 9.17) is 5.73 Å². The van der Waals surface area contributed by atoms with Crippen LogP contribution in [0, 0.1) is 0 Å². The normalized spacial score (nSPS) is 11.5. The number of nitrogens with zero attached hydrogens (tertiary/aromatic N) is 3. The van der Waals surface area contributed by atoms with Crippen LogP contribution in [0.15, 0.2) is 46.1 Å². The van der Waals surface area contributed by atoms with Crippen molar-refractivity contribution in [1.82, 2.24) is 19.4 Å². The Kier molecular flexibility index (Phi) is 8.98. The van der Waals surface area contributed by atoms with Crippen molar-refractivity contribution in [2.24, 2.45) is 19.8 Å². The van der Waals surface area contributed by atoms with Gasteiger partial charge < -0.3 is 11.1 Å². The van der Waals surface area contributed by atoms with Gasteiger partial charge in [-0.05, 0) is 23.1 Å². The second-order valence-electron chi connectivity index (χ2n) is 7.44. The van der Waals surface area contributed by atoms with Crippen LogP contribution in [0.25, 0.3) is 11.0 Å². The van der Waals surface area contributed by atoms with Gasteiger partial charge in [0.2, 0.25) is 0 Å². The Bertz CT molecular complexity index is 1190. The van der Waals surface area contributed by atoms with Crippen LogP contribution in [-0.2, 0) is 14.1 Å². The summed E-state index contributed by atoms with van der Waals surface area (Å²) in [5.41, 5.74) is 7.85. The first-order valence-electron chi connectivity index (χ1n) is 9.40. The fourth-order valence-corrected chi connectivity index (χ4v) is 3.14. The topological polar surface area (TPSA) is 112 Å². The molecule has 2 heterocycles. The zero-order valence-electron chi connectivity index (χ0n) is 17.8. The van der Waals surface area contributed by atoms with Crippen molar-refractivity contribution in [3.8, 4) is 0 Å². The van der Waals surface area contributed by atoms with Crippen molar-refractivity contribution < 1.29 is 4.79 Å². The van der Waals surface area contributed by atoms with Crippen LogP contribution in [0.4, 0.5) is 0 Å². The Morgan fingerprint density at radius 1 is 1.06 bits per heavy atom. The van der Waals surface area contributed by atoms with E-state index >= 15 is 0 Å². The zero-order valence-corrected chi connectivity index (χ0v) is 19.4. The monoisotopic (exact) mass is 467 g/mol.